The lowest BCUT2D eigenvalue weighted by Crippen LogP contribution is -2.69. The number of rotatable bonds is 6. The van der Waals surface area contributed by atoms with Crippen molar-refractivity contribution >= 4 is 5.96 Å². The van der Waals surface area contributed by atoms with Gasteiger partial charge < -0.3 is 24.4 Å². The van der Waals surface area contributed by atoms with Gasteiger partial charge in [-0.15, -0.1) is 0 Å². The fraction of sp³-hybridized carbons (Fsp3) is 0.952. The van der Waals surface area contributed by atoms with Crippen molar-refractivity contribution in [2.75, 3.05) is 40.0 Å². The molecule has 0 aromatic rings. The molecular formula is C21H39N3O3. The highest BCUT2D eigenvalue weighted by atomic mass is 16.5. The number of hydrogen-bond donors (Lipinski definition) is 1. The van der Waals surface area contributed by atoms with E-state index in [4.69, 9.17) is 19.2 Å². The third-order valence-corrected chi connectivity index (χ3v) is 7.17. The average molecular weight is 382 g/mol. The van der Waals surface area contributed by atoms with Crippen LogP contribution >= 0.6 is 0 Å². The largest absolute Gasteiger partial charge is 0.378 e. The highest BCUT2D eigenvalue weighted by Gasteiger charge is 2.58. The maximum absolute atomic E-state index is 6.11. The molecule has 2 saturated heterocycles. The molecule has 0 aromatic heterocycles. The third-order valence-electron chi connectivity index (χ3n) is 7.17. The Balaban J connectivity index is 1.48. The number of aliphatic imine (C=N–C) groups is 1. The SMILES string of the molecule is CCN=C(NC1CC(C)(OC)C1(C)C)N1CCC(OCC2CCCO2)CC1. The number of guanidine groups is 1. The molecule has 2 heterocycles. The molecule has 1 aliphatic carbocycles. The van der Waals surface area contributed by atoms with Crippen LogP contribution in [0.4, 0.5) is 0 Å². The highest BCUT2D eigenvalue weighted by Crippen LogP contribution is 2.51. The molecule has 6 nitrogen and oxygen atoms in total. The van der Waals surface area contributed by atoms with Crippen LogP contribution in [0.2, 0.25) is 0 Å². The second-order valence-corrected chi connectivity index (χ2v) is 9.01. The van der Waals surface area contributed by atoms with E-state index in [-0.39, 0.29) is 11.0 Å². The van der Waals surface area contributed by atoms with Gasteiger partial charge in [-0.2, -0.15) is 0 Å². The number of nitrogens with one attached hydrogen (secondary N) is 1. The molecule has 0 bridgehead atoms. The van der Waals surface area contributed by atoms with Crippen LogP contribution in [0.15, 0.2) is 4.99 Å². The van der Waals surface area contributed by atoms with E-state index in [0.29, 0.717) is 18.2 Å². The number of nitrogens with zero attached hydrogens (tertiary/aromatic N) is 2. The maximum atomic E-state index is 6.11. The van der Waals surface area contributed by atoms with Crippen molar-refractivity contribution in [3.05, 3.63) is 0 Å². The Kier molecular flexibility index (Phi) is 6.70. The summed E-state index contributed by atoms with van der Waals surface area (Å²) in [6, 6.07) is 0.390. The van der Waals surface area contributed by atoms with Crippen molar-refractivity contribution in [2.24, 2.45) is 10.4 Å². The Labute approximate surface area is 165 Å². The Morgan fingerprint density at radius 1 is 1.22 bits per heavy atom. The molecule has 0 aromatic carbocycles. The van der Waals surface area contributed by atoms with Gasteiger partial charge in [0.15, 0.2) is 5.96 Å². The van der Waals surface area contributed by atoms with Gasteiger partial charge in [-0.1, -0.05) is 13.8 Å². The first-order valence-electron chi connectivity index (χ1n) is 10.7. The molecular weight excluding hydrogens is 342 g/mol. The molecule has 0 spiro atoms. The standard InChI is InChI=1S/C21H39N3O3/c1-6-22-19(23-18-14-21(4,25-5)20(18,2)3)24-11-9-16(10-12-24)27-15-17-8-7-13-26-17/h16-18H,6-15H2,1-5H3,(H,22,23). The minimum Gasteiger partial charge on any atom is -0.378 e. The molecule has 156 valence electrons. The van der Waals surface area contributed by atoms with Gasteiger partial charge >= 0.3 is 0 Å². The Morgan fingerprint density at radius 2 is 1.96 bits per heavy atom. The second-order valence-electron chi connectivity index (χ2n) is 9.01. The van der Waals surface area contributed by atoms with Crippen LogP contribution in [0.25, 0.3) is 0 Å². The first kappa shape index (κ1) is 20.9. The molecule has 3 rings (SSSR count). The average Bonchev–Trinajstić information content (AvgIpc) is 3.19. The fourth-order valence-electron chi connectivity index (χ4n) is 4.52. The van der Waals surface area contributed by atoms with Gasteiger partial charge in [-0.05, 0) is 46.0 Å². The summed E-state index contributed by atoms with van der Waals surface area (Å²) < 4.78 is 17.6. The highest BCUT2D eigenvalue weighted by molar-refractivity contribution is 5.80. The van der Waals surface area contributed by atoms with Crippen LogP contribution in [0, 0.1) is 5.41 Å². The molecule has 3 fully saturated rings. The van der Waals surface area contributed by atoms with Crippen LogP contribution in [0.5, 0.6) is 0 Å². The van der Waals surface area contributed by atoms with Crippen LogP contribution in [-0.4, -0.2) is 74.7 Å². The van der Waals surface area contributed by atoms with Crippen molar-refractivity contribution in [1.29, 1.82) is 0 Å². The van der Waals surface area contributed by atoms with Gasteiger partial charge in [0.25, 0.3) is 0 Å². The fourth-order valence-corrected chi connectivity index (χ4v) is 4.52. The molecule has 3 aliphatic rings. The summed E-state index contributed by atoms with van der Waals surface area (Å²) in [5.74, 6) is 1.05. The summed E-state index contributed by atoms with van der Waals surface area (Å²) >= 11 is 0. The van der Waals surface area contributed by atoms with Gasteiger partial charge in [0, 0.05) is 44.8 Å². The predicted molar refractivity (Wildman–Crippen MR) is 108 cm³/mol. The summed E-state index contributed by atoms with van der Waals surface area (Å²) in [5.41, 5.74) is 0.0180. The lowest BCUT2D eigenvalue weighted by Gasteiger charge is -2.59. The van der Waals surface area contributed by atoms with Crippen molar-refractivity contribution in [1.82, 2.24) is 10.2 Å². The number of piperidine rings is 1. The van der Waals surface area contributed by atoms with Gasteiger partial charge in [0.2, 0.25) is 0 Å². The topological polar surface area (TPSA) is 55.3 Å². The van der Waals surface area contributed by atoms with Crippen LogP contribution in [0.1, 0.15) is 59.8 Å². The zero-order valence-corrected chi connectivity index (χ0v) is 17.9. The van der Waals surface area contributed by atoms with Gasteiger partial charge in [0.05, 0.1) is 24.4 Å². The normalized spacial score (nSPS) is 34.6. The molecule has 0 amide bonds. The zero-order valence-electron chi connectivity index (χ0n) is 17.9. The van der Waals surface area contributed by atoms with E-state index < -0.39 is 0 Å². The van der Waals surface area contributed by atoms with Crippen LogP contribution in [0.3, 0.4) is 0 Å². The zero-order chi connectivity index (χ0) is 19.5. The van der Waals surface area contributed by atoms with Gasteiger partial charge in [0.1, 0.15) is 0 Å². The van der Waals surface area contributed by atoms with E-state index in [1.165, 1.54) is 6.42 Å². The lowest BCUT2D eigenvalue weighted by atomic mass is 9.56. The summed E-state index contributed by atoms with van der Waals surface area (Å²) in [6.45, 7) is 13.3. The number of hydrogen-bond acceptors (Lipinski definition) is 4. The number of ether oxygens (including phenoxy) is 3. The first-order valence-corrected chi connectivity index (χ1v) is 10.7. The van der Waals surface area contributed by atoms with E-state index in [9.17, 15) is 0 Å². The van der Waals surface area contributed by atoms with Crippen molar-refractivity contribution < 1.29 is 14.2 Å². The van der Waals surface area contributed by atoms with E-state index in [1.807, 2.05) is 7.11 Å². The molecule has 27 heavy (non-hydrogen) atoms. The first-order chi connectivity index (χ1) is 12.9. The monoisotopic (exact) mass is 381 g/mol. The Morgan fingerprint density at radius 3 is 2.52 bits per heavy atom. The number of likely N-dealkylation sites (tertiary alicyclic amines) is 1. The van der Waals surface area contributed by atoms with Crippen LogP contribution in [-0.2, 0) is 14.2 Å². The van der Waals surface area contributed by atoms with Crippen LogP contribution < -0.4 is 5.32 Å². The summed E-state index contributed by atoms with van der Waals surface area (Å²) in [4.78, 5) is 7.17. The quantitative estimate of drug-likeness (QED) is 0.566. The van der Waals surface area contributed by atoms with Crippen molar-refractivity contribution in [3.8, 4) is 0 Å². The molecule has 3 atom stereocenters. The summed E-state index contributed by atoms with van der Waals surface area (Å²) in [6.07, 6.45) is 6.12. The minimum absolute atomic E-state index is 0.0644. The predicted octanol–water partition coefficient (Wildman–Crippen LogP) is 2.82. The lowest BCUT2D eigenvalue weighted by molar-refractivity contribution is -0.177. The van der Waals surface area contributed by atoms with E-state index in [1.54, 1.807) is 0 Å². The van der Waals surface area contributed by atoms with Crippen molar-refractivity contribution in [3.63, 3.8) is 0 Å². The Hall–Kier alpha value is -0.850. The van der Waals surface area contributed by atoms with Gasteiger partial charge in [-0.25, -0.2) is 0 Å². The molecule has 1 N–H and O–H groups in total. The molecule has 0 radical (unpaired) electrons. The molecule has 2 aliphatic heterocycles. The van der Waals surface area contributed by atoms with E-state index >= 15 is 0 Å². The number of methoxy groups -OCH3 is 1. The van der Waals surface area contributed by atoms with E-state index in [0.717, 1.165) is 64.5 Å². The van der Waals surface area contributed by atoms with E-state index in [2.05, 4.69) is 37.9 Å². The summed E-state index contributed by atoms with van der Waals surface area (Å²) in [7, 11) is 1.82. The molecule has 6 heteroatoms. The maximum Gasteiger partial charge on any atom is 0.194 e. The summed E-state index contributed by atoms with van der Waals surface area (Å²) in [5, 5.41) is 3.73. The second kappa shape index (κ2) is 8.66. The Bertz CT molecular complexity index is 511. The third kappa shape index (κ3) is 4.43. The molecule has 3 unspecified atom stereocenters. The van der Waals surface area contributed by atoms with Gasteiger partial charge in [-0.3, -0.25) is 4.99 Å². The molecule has 1 saturated carbocycles. The minimum atomic E-state index is -0.0644. The smallest absolute Gasteiger partial charge is 0.194 e. The van der Waals surface area contributed by atoms with Crippen molar-refractivity contribution in [2.45, 2.75) is 83.6 Å².